The highest BCUT2D eigenvalue weighted by molar-refractivity contribution is 5.80. The van der Waals surface area contributed by atoms with Crippen LogP contribution in [0.2, 0.25) is 0 Å². The second kappa shape index (κ2) is 7.41. The summed E-state index contributed by atoms with van der Waals surface area (Å²) in [6.45, 7) is 4.23. The molecule has 142 valence electrons. The summed E-state index contributed by atoms with van der Waals surface area (Å²) in [4.78, 5) is 26.4. The van der Waals surface area contributed by atoms with E-state index < -0.39 is 0 Å². The zero-order valence-corrected chi connectivity index (χ0v) is 15.6. The molecule has 2 aliphatic carbocycles. The van der Waals surface area contributed by atoms with Crippen molar-refractivity contribution in [2.45, 2.75) is 57.8 Å². The molecule has 1 aliphatic heterocycles. The largest absolute Gasteiger partial charge is 0.361 e. The maximum absolute atomic E-state index is 12.4. The van der Waals surface area contributed by atoms with Crippen molar-refractivity contribution in [2.75, 3.05) is 19.6 Å². The van der Waals surface area contributed by atoms with E-state index in [4.69, 9.17) is 4.52 Å². The molecule has 2 saturated carbocycles. The summed E-state index contributed by atoms with van der Waals surface area (Å²) in [5.74, 6) is 2.98. The summed E-state index contributed by atoms with van der Waals surface area (Å²) in [7, 11) is 0. The third-order valence-corrected chi connectivity index (χ3v) is 6.09. The smallest absolute Gasteiger partial charge is 0.226 e. The quantitative estimate of drug-likeness (QED) is 0.774. The summed E-state index contributed by atoms with van der Waals surface area (Å²) in [5.41, 5.74) is 0.708. The molecule has 6 nitrogen and oxygen atoms in total. The fourth-order valence-corrected chi connectivity index (χ4v) is 3.98. The molecule has 1 atom stereocenters. The number of likely N-dealkylation sites (tertiary alicyclic amines) is 1. The molecule has 0 bridgehead atoms. The van der Waals surface area contributed by atoms with Gasteiger partial charge >= 0.3 is 0 Å². The van der Waals surface area contributed by atoms with Gasteiger partial charge in [0.15, 0.2) is 0 Å². The van der Waals surface area contributed by atoms with Crippen molar-refractivity contribution in [1.82, 2.24) is 15.4 Å². The van der Waals surface area contributed by atoms with Crippen molar-refractivity contribution in [1.29, 1.82) is 0 Å². The van der Waals surface area contributed by atoms with E-state index >= 15 is 0 Å². The van der Waals surface area contributed by atoms with Crippen LogP contribution in [0, 0.1) is 17.8 Å². The van der Waals surface area contributed by atoms with Gasteiger partial charge in [0.2, 0.25) is 11.8 Å². The lowest BCUT2D eigenvalue weighted by Crippen LogP contribution is -2.55. The van der Waals surface area contributed by atoms with Crippen LogP contribution in [0.25, 0.3) is 0 Å². The second-order valence-electron chi connectivity index (χ2n) is 8.52. The van der Waals surface area contributed by atoms with E-state index in [9.17, 15) is 9.59 Å². The standard InChI is InChI=1S/C20H29N3O3/c1-13(7-14-3-2-4-14)20(25)23-11-15(12-23)10-21-19(24)9-17-8-18(26-22-17)16-5-6-16/h8,13-16H,2-7,9-12H2,1H3,(H,21,24). The molecule has 0 aromatic carbocycles. The van der Waals surface area contributed by atoms with Gasteiger partial charge in [-0.05, 0) is 25.2 Å². The maximum Gasteiger partial charge on any atom is 0.226 e. The van der Waals surface area contributed by atoms with E-state index in [2.05, 4.69) is 17.4 Å². The van der Waals surface area contributed by atoms with Gasteiger partial charge in [0.1, 0.15) is 5.76 Å². The van der Waals surface area contributed by atoms with Crippen molar-refractivity contribution >= 4 is 11.8 Å². The fraction of sp³-hybridized carbons (Fsp3) is 0.750. The Balaban J connectivity index is 1.12. The molecule has 2 heterocycles. The maximum atomic E-state index is 12.4. The van der Waals surface area contributed by atoms with Gasteiger partial charge in [-0.25, -0.2) is 0 Å². The Labute approximate surface area is 154 Å². The molecule has 1 N–H and O–H groups in total. The predicted octanol–water partition coefficient (Wildman–Crippen LogP) is 2.50. The van der Waals surface area contributed by atoms with Gasteiger partial charge in [-0.2, -0.15) is 0 Å². The Hall–Kier alpha value is -1.85. The lowest BCUT2D eigenvalue weighted by Gasteiger charge is -2.41. The summed E-state index contributed by atoms with van der Waals surface area (Å²) >= 11 is 0. The number of carbonyl (C=O) groups is 2. The number of carbonyl (C=O) groups excluding carboxylic acids is 2. The van der Waals surface area contributed by atoms with Crippen LogP contribution in [-0.2, 0) is 16.0 Å². The molecule has 1 unspecified atom stereocenters. The average Bonchev–Trinajstić information content (AvgIpc) is 3.29. The lowest BCUT2D eigenvalue weighted by atomic mass is 9.79. The van der Waals surface area contributed by atoms with Gasteiger partial charge in [-0.15, -0.1) is 0 Å². The summed E-state index contributed by atoms with van der Waals surface area (Å²) < 4.78 is 5.28. The van der Waals surface area contributed by atoms with Crippen LogP contribution in [-0.4, -0.2) is 41.5 Å². The number of hydrogen-bond acceptors (Lipinski definition) is 4. The number of rotatable bonds is 8. The van der Waals surface area contributed by atoms with Gasteiger partial charge in [0.25, 0.3) is 0 Å². The first-order valence-electron chi connectivity index (χ1n) is 10.1. The highest BCUT2D eigenvalue weighted by Gasteiger charge is 2.34. The molecule has 26 heavy (non-hydrogen) atoms. The van der Waals surface area contributed by atoms with Crippen LogP contribution in [0.3, 0.4) is 0 Å². The summed E-state index contributed by atoms with van der Waals surface area (Å²) in [6.07, 6.45) is 7.54. The van der Waals surface area contributed by atoms with Crippen LogP contribution in [0.1, 0.15) is 62.8 Å². The van der Waals surface area contributed by atoms with Crippen molar-refractivity contribution in [3.05, 3.63) is 17.5 Å². The minimum atomic E-state index is -0.0243. The molecule has 4 rings (SSSR count). The number of amides is 2. The average molecular weight is 359 g/mol. The molecular formula is C20H29N3O3. The molecular weight excluding hydrogens is 330 g/mol. The minimum absolute atomic E-state index is 0.0243. The van der Waals surface area contributed by atoms with Crippen molar-refractivity contribution in [3.8, 4) is 0 Å². The molecule has 6 heteroatoms. The Morgan fingerprint density at radius 3 is 2.69 bits per heavy atom. The predicted molar refractivity (Wildman–Crippen MR) is 96.4 cm³/mol. The van der Waals surface area contributed by atoms with Crippen molar-refractivity contribution < 1.29 is 14.1 Å². The number of hydrogen-bond donors (Lipinski definition) is 1. The van der Waals surface area contributed by atoms with E-state index in [1.807, 2.05) is 11.0 Å². The first kappa shape index (κ1) is 17.6. The zero-order chi connectivity index (χ0) is 18.1. The van der Waals surface area contributed by atoms with E-state index in [0.717, 1.165) is 44.0 Å². The first-order valence-corrected chi connectivity index (χ1v) is 10.1. The number of aromatic nitrogens is 1. The molecule has 1 aromatic heterocycles. The third-order valence-electron chi connectivity index (χ3n) is 6.09. The molecule has 0 spiro atoms. The van der Waals surface area contributed by atoms with Gasteiger partial charge in [0.05, 0.1) is 12.1 Å². The van der Waals surface area contributed by atoms with E-state index in [-0.39, 0.29) is 24.2 Å². The molecule has 3 aliphatic rings. The Kier molecular flexibility index (Phi) is 5.00. The third kappa shape index (κ3) is 4.10. The highest BCUT2D eigenvalue weighted by atomic mass is 16.5. The van der Waals surface area contributed by atoms with E-state index in [1.54, 1.807) is 0 Å². The highest BCUT2D eigenvalue weighted by Crippen LogP contribution is 2.40. The van der Waals surface area contributed by atoms with Crippen LogP contribution < -0.4 is 5.32 Å². The SMILES string of the molecule is CC(CC1CCC1)C(=O)N1CC(CNC(=O)Cc2cc(C3CC3)on2)C1. The number of nitrogens with one attached hydrogen (secondary N) is 1. The summed E-state index contributed by atoms with van der Waals surface area (Å²) in [6, 6.07) is 1.91. The van der Waals surface area contributed by atoms with E-state index in [0.29, 0.717) is 24.1 Å². The van der Waals surface area contributed by atoms with Gasteiger partial charge < -0.3 is 14.7 Å². The topological polar surface area (TPSA) is 75.4 Å². The zero-order valence-electron chi connectivity index (χ0n) is 15.6. The number of nitrogens with zero attached hydrogens (tertiary/aromatic N) is 2. The Morgan fingerprint density at radius 1 is 1.27 bits per heavy atom. The molecule has 1 aromatic rings. The van der Waals surface area contributed by atoms with Gasteiger partial charge in [-0.1, -0.05) is 31.3 Å². The second-order valence-corrected chi connectivity index (χ2v) is 8.52. The van der Waals surface area contributed by atoms with E-state index in [1.165, 1.54) is 19.3 Å². The Morgan fingerprint density at radius 2 is 2.04 bits per heavy atom. The van der Waals surface area contributed by atoms with Crippen molar-refractivity contribution in [2.24, 2.45) is 17.8 Å². The minimum Gasteiger partial charge on any atom is -0.361 e. The van der Waals surface area contributed by atoms with Crippen LogP contribution in [0.4, 0.5) is 0 Å². The monoisotopic (exact) mass is 359 g/mol. The van der Waals surface area contributed by atoms with Crippen LogP contribution in [0.5, 0.6) is 0 Å². The van der Waals surface area contributed by atoms with Crippen LogP contribution in [0.15, 0.2) is 10.6 Å². The van der Waals surface area contributed by atoms with Crippen LogP contribution >= 0.6 is 0 Å². The van der Waals surface area contributed by atoms with Crippen molar-refractivity contribution in [3.63, 3.8) is 0 Å². The molecule has 2 amide bonds. The lowest BCUT2D eigenvalue weighted by molar-refractivity contribution is -0.142. The normalized spacial score (nSPS) is 21.8. The van der Waals surface area contributed by atoms with Gasteiger partial charge in [-0.3, -0.25) is 9.59 Å². The Bertz CT molecular complexity index is 657. The fourth-order valence-electron chi connectivity index (χ4n) is 3.98. The molecule has 1 saturated heterocycles. The molecule has 3 fully saturated rings. The summed E-state index contributed by atoms with van der Waals surface area (Å²) in [5, 5.41) is 6.95. The van der Waals surface area contributed by atoms with Gasteiger partial charge in [0, 0.05) is 43.5 Å². The molecule has 0 radical (unpaired) electrons. The first-order chi connectivity index (χ1) is 12.6.